The molecule has 0 bridgehead atoms. The van der Waals surface area contributed by atoms with Crippen molar-refractivity contribution in [1.82, 2.24) is 0 Å². The van der Waals surface area contributed by atoms with E-state index in [0.717, 1.165) is 4.47 Å². The first kappa shape index (κ1) is 12.7. The fourth-order valence-corrected chi connectivity index (χ4v) is 2.32. The number of carbonyl (C=O) groups excluding carboxylic acids is 1. The van der Waals surface area contributed by atoms with Gasteiger partial charge in [0, 0.05) is 10.9 Å². The van der Waals surface area contributed by atoms with Gasteiger partial charge in [-0.25, -0.2) is 0 Å². The van der Waals surface area contributed by atoms with Gasteiger partial charge in [-0.2, -0.15) is 0 Å². The van der Waals surface area contributed by atoms with Gasteiger partial charge in [0.2, 0.25) is 0 Å². The Morgan fingerprint density at radius 2 is 2.00 bits per heavy atom. The van der Waals surface area contributed by atoms with Crippen molar-refractivity contribution in [3.05, 3.63) is 33.3 Å². The summed E-state index contributed by atoms with van der Waals surface area (Å²) in [5.41, 5.74) is 0.574. The van der Waals surface area contributed by atoms with E-state index in [1.165, 1.54) is 0 Å². The molecule has 0 aliphatic rings. The van der Waals surface area contributed by atoms with Crippen LogP contribution in [0, 0.1) is 5.41 Å². The Morgan fingerprint density at radius 1 is 1.40 bits per heavy atom. The van der Waals surface area contributed by atoms with Crippen LogP contribution in [0.25, 0.3) is 0 Å². The molecule has 82 valence electrons. The molecule has 1 aromatic rings. The number of benzene rings is 1. The minimum atomic E-state index is -0.0182. The van der Waals surface area contributed by atoms with Crippen molar-refractivity contribution < 1.29 is 4.79 Å². The summed E-state index contributed by atoms with van der Waals surface area (Å²) in [6, 6.07) is 5.39. The van der Waals surface area contributed by atoms with E-state index in [1.54, 1.807) is 6.07 Å². The summed E-state index contributed by atoms with van der Waals surface area (Å²) < 4.78 is 0.768. The van der Waals surface area contributed by atoms with Crippen LogP contribution in [0.5, 0.6) is 0 Å². The SMILES string of the molecule is CC(C)(C)CC(=O)c1c(Cl)cccc1Br. The van der Waals surface area contributed by atoms with E-state index in [-0.39, 0.29) is 11.2 Å². The third kappa shape index (κ3) is 3.62. The Balaban J connectivity index is 3.02. The Labute approximate surface area is 104 Å². The molecule has 1 nitrogen and oxygen atoms in total. The lowest BCUT2D eigenvalue weighted by atomic mass is 9.88. The fraction of sp³-hybridized carbons (Fsp3) is 0.417. The predicted octanol–water partition coefficient (Wildman–Crippen LogP) is 4.72. The Kier molecular flexibility index (Phi) is 3.96. The molecule has 1 rings (SSSR count). The largest absolute Gasteiger partial charge is 0.294 e. The summed E-state index contributed by atoms with van der Waals surface area (Å²) in [5.74, 6) is 0.0833. The van der Waals surface area contributed by atoms with Crippen LogP contribution in [0.3, 0.4) is 0 Å². The molecule has 0 N–H and O–H groups in total. The second-order valence-electron chi connectivity index (χ2n) is 4.76. The molecule has 0 aliphatic heterocycles. The van der Waals surface area contributed by atoms with Gasteiger partial charge < -0.3 is 0 Å². The van der Waals surface area contributed by atoms with Gasteiger partial charge in [-0.05, 0) is 33.5 Å². The highest BCUT2D eigenvalue weighted by Gasteiger charge is 2.20. The molecule has 1 aromatic carbocycles. The molecule has 0 fully saturated rings. The monoisotopic (exact) mass is 288 g/mol. The summed E-state index contributed by atoms with van der Waals surface area (Å²) in [4.78, 5) is 12.0. The topological polar surface area (TPSA) is 17.1 Å². The zero-order valence-electron chi connectivity index (χ0n) is 9.10. The van der Waals surface area contributed by atoms with Gasteiger partial charge in [-0.1, -0.05) is 38.4 Å². The number of rotatable bonds is 2. The van der Waals surface area contributed by atoms with E-state index in [2.05, 4.69) is 15.9 Å². The molecule has 0 saturated heterocycles. The van der Waals surface area contributed by atoms with Crippen LogP contribution in [0.1, 0.15) is 37.6 Å². The van der Waals surface area contributed by atoms with Crippen LogP contribution in [0.15, 0.2) is 22.7 Å². The number of Topliss-reactive ketones (excluding diaryl/α,β-unsaturated/α-hetero) is 1. The van der Waals surface area contributed by atoms with Crippen molar-refractivity contribution in [1.29, 1.82) is 0 Å². The van der Waals surface area contributed by atoms with Crippen LogP contribution < -0.4 is 0 Å². The van der Waals surface area contributed by atoms with Crippen LogP contribution >= 0.6 is 27.5 Å². The third-order valence-electron chi connectivity index (χ3n) is 1.93. The maximum absolute atomic E-state index is 12.0. The maximum Gasteiger partial charge on any atom is 0.166 e. The summed E-state index contributed by atoms with van der Waals surface area (Å²) in [6.45, 7) is 6.11. The van der Waals surface area contributed by atoms with Gasteiger partial charge >= 0.3 is 0 Å². The van der Waals surface area contributed by atoms with Crippen LogP contribution in [0.4, 0.5) is 0 Å². The van der Waals surface area contributed by atoms with Crippen molar-refractivity contribution in [2.24, 2.45) is 5.41 Å². The minimum absolute atomic E-state index is 0.0182. The first-order valence-electron chi connectivity index (χ1n) is 4.78. The molecule has 0 atom stereocenters. The number of halogens is 2. The number of hydrogen-bond donors (Lipinski definition) is 0. The molecule has 0 saturated carbocycles. The molecule has 0 aromatic heterocycles. The smallest absolute Gasteiger partial charge is 0.166 e. The molecule has 0 spiro atoms. The fourth-order valence-electron chi connectivity index (χ4n) is 1.33. The lowest BCUT2D eigenvalue weighted by Gasteiger charge is -2.17. The molecular weight excluding hydrogens is 275 g/mol. The number of ketones is 1. The van der Waals surface area contributed by atoms with E-state index >= 15 is 0 Å². The van der Waals surface area contributed by atoms with Gasteiger partial charge in [-0.3, -0.25) is 4.79 Å². The molecular formula is C12H14BrClO. The Bertz CT molecular complexity index is 359. The van der Waals surface area contributed by atoms with E-state index in [1.807, 2.05) is 32.9 Å². The summed E-state index contributed by atoms with van der Waals surface area (Å²) in [6.07, 6.45) is 0.495. The average Bonchev–Trinajstić information content (AvgIpc) is 1.99. The maximum atomic E-state index is 12.0. The van der Waals surface area contributed by atoms with Crippen molar-refractivity contribution in [2.45, 2.75) is 27.2 Å². The molecule has 0 radical (unpaired) electrons. The van der Waals surface area contributed by atoms with Crippen LogP contribution in [-0.4, -0.2) is 5.78 Å². The molecule has 0 heterocycles. The van der Waals surface area contributed by atoms with E-state index in [0.29, 0.717) is 17.0 Å². The predicted molar refractivity (Wildman–Crippen MR) is 67.6 cm³/mol. The van der Waals surface area contributed by atoms with Gasteiger partial charge in [0.25, 0.3) is 0 Å². The van der Waals surface area contributed by atoms with Crippen molar-refractivity contribution >= 4 is 33.3 Å². The van der Waals surface area contributed by atoms with E-state index in [4.69, 9.17) is 11.6 Å². The standard InChI is InChI=1S/C12H14BrClO/c1-12(2,3)7-10(15)11-8(13)5-4-6-9(11)14/h4-6H,7H2,1-3H3. The van der Waals surface area contributed by atoms with E-state index < -0.39 is 0 Å². The first-order valence-corrected chi connectivity index (χ1v) is 5.95. The molecule has 0 amide bonds. The summed E-state index contributed by atoms with van der Waals surface area (Å²) in [7, 11) is 0. The van der Waals surface area contributed by atoms with Gasteiger partial charge in [0.15, 0.2) is 5.78 Å². The van der Waals surface area contributed by atoms with Crippen LogP contribution in [-0.2, 0) is 0 Å². The van der Waals surface area contributed by atoms with E-state index in [9.17, 15) is 4.79 Å². The lowest BCUT2D eigenvalue weighted by Crippen LogP contribution is -2.13. The second-order valence-corrected chi connectivity index (χ2v) is 6.02. The van der Waals surface area contributed by atoms with Crippen molar-refractivity contribution in [3.63, 3.8) is 0 Å². The lowest BCUT2D eigenvalue weighted by molar-refractivity contribution is 0.0939. The van der Waals surface area contributed by atoms with Crippen molar-refractivity contribution in [3.8, 4) is 0 Å². The first-order chi connectivity index (χ1) is 6.81. The highest BCUT2D eigenvalue weighted by Crippen LogP contribution is 2.29. The molecule has 0 aliphatic carbocycles. The zero-order chi connectivity index (χ0) is 11.6. The zero-order valence-corrected chi connectivity index (χ0v) is 11.4. The molecule has 15 heavy (non-hydrogen) atoms. The summed E-state index contributed by atoms with van der Waals surface area (Å²) >= 11 is 9.35. The normalized spacial score (nSPS) is 11.5. The van der Waals surface area contributed by atoms with Gasteiger partial charge in [-0.15, -0.1) is 0 Å². The highest BCUT2D eigenvalue weighted by molar-refractivity contribution is 9.10. The molecule has 0 unspecified atom stereocenters. The number of carbonyl (C=O) groups is 1. The second kappa shape index (κ2) is 4.67. The Morgan fingerprint density at radius 3 is 2.47 bits per heavy atom. The minimum Gasteiger partial charge on any atom is -0.294 e. The summed E-state index contributed by atoms with van der Waals surface area (Å²) in [5, 5.41) is 0.513. The Hall–Kier alpha value is -0.340. The van der Waals surface area contributed by atoms with Crippen molar-refractivity contribution in [2.75, 3.05) is 0 Å². The number of hydrogen-bond acceptors (Lipinski definition) is 1. The third-order valence-corrected chi connectivity index (χ3v) is 2.91. The van der Waals surface area contributed by atoms with Crippen LogP contribution in [0.2, 0.25) is 5.02 Å². The quantitative estimate of drug-likeness (QED) is 0.720. The molecule has 3 heteroatoms. The average molecular weight is 290 g/mol. The van der Waals surface area contributed by atoms with Gasteiger partial charge in [0.05, 0.1) is 10.6 Å². The highest BCUT2D eigenvalue weighted by atomic mass is 79.9. The van der Waals surface area contributed by atoms with Gasteiger partial charge in [0.1, 0.15) is 0 Å².